The number of aryl methyl sites for hydroxylation is 1. The van der Waals surface area contributed by atoms with E-state index in [9.17, 15) is 4.79 Å². The maximum absolute atomic E-state index is 12.7. The molecule has 1 aromatic rings. The van der Waals surface area contributed by atoms with E-state index in [1.807, 2.05) is 11.8 Å². The molecule has 4 rings (SSSR count). The number of aromatic nitrogens is 1. The normalized spacial score (nSPS) is 31.6. The van der Waals surface area contributed by atoms with Crippen molar-refractivity contribution in [1.29, 1.82) is 0 Å². The van der Waals surface area contributed by atoms with Gasteiger partial charge in [-0.15, -0.1) is 0 Å². The summed E-state index contributed by atoms with van der Waals surface area (Å²) >= 11 is 0. The fourth-order valence-electron chi connectivity index (χ4n) is 4.90. The average Bonchev–Trinajstić information content (AvgIpc) is 3.29. The summed E-state index contributed by atoms with van der Waals surface area (Å²) in [5.41, 5.74) is 0.619. The lowest BCUT2D eigenvalue weighted by Crippen LogP contribution is -2.48. The molecule has 3 aliphatic heterocycles. The quantitative estimate of drug-likeness (QED) is 0.842. The molecule has 0 aliphatic carbocycles. The van der Waals surface area contributed by atoms with Crippen molar-refractivity contribution in [2.75, 3.05) is 39.8 Å². The third kappa shape index (κ3) is 2.86. The maximum atomic E-state index is 12.7. The van der Waals surface area contributed by atoms with Crippen LogP contribution in [0.4, 0.5) is 0 Å². The van der Waals surface area contributed by atoms with Gasteiger partial charge in [-0.25, -0.2) is 0 Å². The lowest BCUT2D eigenvalue weighted by molar-refractivity contribution is 0.0603. The minimum absolute atomic E-state index is 0.0813. The molecule has 6 heteroatoms. The van der Waals surface area contributed by atoms with E-state index in [1.165, 1.54) is 38.9 Å². The van der Waals surface area contributed by atoms with E-state index in [1.54, 1.807) is 6.20 Å². The van der Waals surface area contributed by atoms with Crippen molar-refractivity contribution in [2.24, 2.45) is 5.92 Å². The highest BCUT2D eigenvalue weighted by Gasteiger charge is 2.43. The molecule has 1 aromatic heterocycles. The van der Waals surface area contributed by atoms with Gasteiger partial charge in [0.25, 0.3) is 5.91 Å². The van der Waals surface area contributed by atoms with Crippen LogP contribution in [0.1, 0.15) is 41.8 Å². The highest BCUT2D eigenvalue weighted by molar-refractivity contribution is 5.94. The lowest BCUT2D eigenvalue weighted by Gasteiger charge is -2.37. The number of carbonyl (C=O) groups is 1. The van der Waals surface area contributed by atoms with Gasteiger partial charge in [0.15, 0.2) is 0 Å². The van der Waals surface area contributed by atoms with Gasteiger partial charge >= 0.3 is 0 Å². The molecule has 3 aliphatic rings. The standard InChI is InChI=1S/C18H28N4O2/c1-13-16(10-19-24-13)18(23)22-8-5-17-14(11-22)9-15(20(17)2)12-21-6-3-4-7-21/h10,14-15,17H,3-9,11-12H2,1-2H3/t14-,15+,17+/m0/s1. The van der Waals surface area contributed by atoms with Crippen molar-refractivity contribution in [1.82, 2.24) is 19.9 Å². The van der Waals surface area contributed by atoms with Crippen LogP contribution in [0, 0.1) is 12.8 Å². The van der Waals surface area contributed by atoms with Gasteiger partial charge in [-0.3, -0.25) is 9.69 Å². The van der Waals surface area contributed by atoms with Crippen LogP contribution in [-0.4, -0.2) is 77.6 Å². The van der Waals surface area contributed by atoms with E-state index in [0.29, 0.717) is 29.3 Å². The molecule has 132 valence electrons. The molecule has 0 saturated carbocycles. The Morgan fingerprint density at radius 3 is 2.83 bits per heavy atom. The third-order valence-electron chi connectivity index (χ3n) is 6.30. The second kappa shape index (κ2) is 6.48. The number of rotatable bonds is 3. The maximum Gasteiger partial charge on any atom is 0.259 e. The van der Waals surface area contributed by atoms with E-state index in [2.05, 4.69) is 22.0 Å². The zero-order valence-corrected chi connectivity index (χ0v) is 14.8. The molecule has 6 nitrogen and oxygen atoms in total. The second-order valence-electron chi connectivity index (χ2n) is 7.73. The number of likely N-dealkylation sites (N-methyl/N-ethyl adjacent to an activating group) is 1. The number of fused-ring (bicyclic) bond motifs is 1. The van der Waals surface area contributed by atoms with Gasteiger partial charge in [0, 0.05) is 31.7 Å². The van der Waals surface area contributed by atoms with Gasteiger partial charge in [-0.05, 0) is 58.7 Å². The Hall–Kier alpha value is -1.40. The fourth-order valence-corrected chi connectivity index (χ4v) is 4.90. The number of nitrogens with zero attached hydrogens (tertiary/aromatic N) is 4. The summed E-state index contributed by atoms with van der Waals surface area (Å²) < 4.78 is 5.06. The summed E-state index contributed by atoms with van der Waals surface area (Å²) in [4.78, 5) is 19.9. The van der Waals surface area contributed by atoms with Crippen LogP contribution >= 0.6 is 0 Å². The van der Waals surface area contributed by atoms with E-state index >= 15 is 0 Å². The molecule has 1 amide bonds. The van der Waals surface area contributed by atoms with Gasteiger partial charge in [-0.1, -0.05) is 5.16 Å². The van der Waals surface area contributed by atoms with Crippen molar-refractivity contribution in [3.8, 4) is 0 Å². The molecular weight excluding hydrogens is 304 g/mol. The van der Waals surface area contributed by atoms with Crippen LogP contribution in [-0.2, 0) is 0 Å². The summed E-state index contributed by atoms with van der Waals surface area (Å²) in [6.45, 7) is 7.24. The Morgan fingerprint density at radius 1 is 1.33 bits per heavy atom. The number of hydrogen-bond acceptors (Lipinski definition) is 5. The molecule has 3 atom stereocenters. The largest absolute Gasteiger partial charge is 0.361 e. The highest BCUT2D eigenvalue weighted by Crippen LogP contribution is 2.35. The van der Waals surface area contributed by atoms with Crippen LogP contribution < -0.4 is 0 Å². The fraction of sp³-hybridized carbons (Fsp3) is 0.778. The summed E-state index contributed by atoms with van der Waals surface area (Å²) in [5, 5.41) is 3.75. The Kier molecular flexibility index (Phi) is 4.35. The van der Waals surface area contributed by atoms with Gasteiger partial charge < -0.3 is 14.3 Å². The minimum Gasteiger partial charge on any atom is -0.361 e. The molecule has 0 spiro atoms. The number of likely N-dealkylation sites (tertiary alicyclic amines) is 3. The van der Waals surface area contributed by atoms with Crippen molar-refractivity contribution in [3.63, 3.8) is 0 Å². The monoisotopic (exact) mass is 332 g/mol. The number of hydrogen-bond donors (Lipinski definition) is 0. The zero-order chi connectivity index (χ0) is 16.7. The van der Waals surface area contributed by atoms with Crippen LogP contribution in [0.25, 0.3) is 0 Å². The van der Waals surface area contributed by atoms with E-state index < -0.39 is 0 Å². The first-order valence-corrected chi connectivity index (χ1v) is 9.28. The molecule has 0 radical (unpaired) electrons. The van der Waals surface area contributed by atoms with Crippen molar-refractivity contribution in [3.05, 3.63) is 17.5 Å². The molecule has 0 aromatic carbocycles. The topological polar surface area (TPSA) is 52.8 Å². The summed E-state index contributed by atoms with van der Waals surface area (Å²) in [5.74, 6) is 1.30. The van der Waals surface area contributed by atoms with Gasteiger partial charge in [0.2, 0.25) is 0 Å². The van der Waals surface area contributed by atoms with Gasteiger partial charge in [0.05, 0.1) is 6.20 Å². The van der Waals surface area contributed by atoms with Crippen LogP contribution in [0.15, 0.2) is 10.7 Å². The van der Waals surface area contributed by atoms with Crippen LogP contribution in [0.2, 0.25) is 0 Å². The Morgan fingerprint density at radius 2 is 2.12 bits per heavy atom. The second-order valence-corrected chi connectivity index (χ2v) is 7.73. The molecule has 0 N–H and O–H groups in total. The third-order valence-corrected chi connectivity index (χ3v) is 6.30. The number of carbonyl (C=O) groups excluding carboxylic acids is 1. The highest BCUT2D eigenvalue weighted by atomic mass is 16.5. The van der Waals surface area contributed by atoms with Gasteiger partial charge in [0.1, 0.15) is 11.3 Å². The van der Waals surface area contributed by atoms with E-state index in [4.69, 9.17) is 4.52 Å². The molecule has 4 heterocycles. The van der Waals surface area contributed by atoms with Crippen molar-refractivity contribution >= 4 is 5.91 Å². The zero-order valence-electron chi connectivity index (χ0n) is 14.8. The van der Waals surface area contributed by atoms with E-state index in [0.717, 1.165) is 19.5 Å². The smallest absolute Gasteiger partial charge is 0.259 e. The van der Waals surface area contributed by atoms with Crippen molar-refractivity contribution in [2.45, 2.75) is 44.7 Å². The van der Waals surface area contributed by atoms with Gasteiger partial charge in [-0.2, -0.15) is 0 Å². The molecule has 3 fully saturated rings. The molecule has 0 unspecified atom stereocenters. The first kappa shape index (κ1) is 16.1. The number of piperidine rings is 1. The molecule has 3 saturated heterocycles. The Bertz CT molecular complexity index is 596. The first-order chi connectivity index (χ1) is 11.6. The number of amides is 1. The first-order valence-electron chi connectivity index (χ1n) is 9.28. The molecule has 24 heavy (non-hydrogen) atoms. The average molecular weight is 332 g/mol. The minimum atomic E-state index is 0.0813. The van der Waals surface area contributed by atoms with Crippen LogP contribution in [0.3, 0.4) is 0 Å². The van der Waals surface area contributed by atoms with Crippen LogP contribution in [0.5, 0.6) is 0 Å². The van der Waals surface area contributed by atoms with E-state index in [-0.39, 0.29) is 5.91 Å². The summed E-state index contributed by atoms with van der Waals surface area (Å²) in [7, 11) is 2.28. The predicted octanol–water partition coefficient (Wildman–Crippen LogP) is 1.61. The predicted molar refractivity (Wildman–Crippen MR) is 90.9 cm³/mol. The Labute approximate surface area is 143 Å². The SMILES string of the molecule is Cc1oncc1C(=O)N1CC[C@@H]2[C@@H](C[C@H](CN3CCCC3)N2C)C1. The lowest BCUT2D eigenvalue weighted by atomic mass is 9.91. The molecule has 0 bridgehead atoms. The summed E-state index contributed by atoms with van der Waals surface area (Å²) in [6, 6.07) is 1.27. The summed E-state index contributed by atoms with van der Waals surface area (Å²) in [6.07, 6.45) is 6.55. The Balaban J connectivity index is 1.40. The van der Waals surface area contributed by atoms with Crippen molar-refractivity contribution < 1.29 is 9.32 Å². The molecular formula is C18H28N4O2.